The van der Waals surface area contributed by atoms with Gasteiger partial charge in [-0.1, -0.05) is 44.2 Å². The van der Waals surface area contributed by atoms with Gasteiger partial charge < -0.3 is 10.4 Å². The lowest BCUT2D eigenvalue weighted by atomic mass is 9.79. The standard InChI is InChI=1S/C16H23NO3/c1-12(17-14(18)9-10-15(19)20)11-16(2,3)13-7-5-4-6-8-13/h4-8,12H,9-11H2,1-3H3,(H,17,18)(H,19,20). The minimum absolute atomic E-state index is 0.00602. The molecule has 4 heteroatoms. The molecule has 0 aromatic heterocycles. The van der Waals surface area contributed by atoms with Crippen molar-refractivity contribution in [2.75, 3.05) is 0 Å². The molecule has 1 rings (SSSR count). The molecule has 0 fully saturated rings. The van der Waals surface area contributed by atoms with Gasteiger partial charge in [-0.05, 0) is 24.3 Å². The van der Waals surface area contributed by atoms with Gasteiger partial charge in [-0.15, -0.1) is 0 Å². The van der Waals surface area contributed by atoms with E-state index in [0.29, 0.717) is 0 Å². The van der Waals surface area contributed by atoms with Gasteiger partial charge in [0.15, 0.2) is 0 Å². The lowest BCUT2D eigenvalue weighted by Gasteiger charge is -2.29. The highest BCUT2D eigenvalue weighted by molar-refractivity contribution is 5.80. The van der Waals surface area contributed by atoms with E-state index in [0.717, 1.165) is 6.42 Å². The molecule has 110 valence electrons. The van der Waals surface area contributed by atoms with Crippen molar-refractivity contribution in [3.8, 4) is 0 Å². The van der Waals surface area contributed by atoms with Gasteiger partial charge in [-0.25, -0.2) is 0 Å². The fourth-order valence-electron chi connectivity index (χ4n) is 2.39. The topological polar surface area (TPSA) is 66.4 Å². The van der Waals surface area contributed by atoms with E-state index in [9.17, 15) is 9.59 Å². The molecule has 1 atom stereocenters. The molecule has 2 N–H and O–H groups in total. The van der Waals surface area contributed by atoms with Crippen LogP contribution < -0.4 is 5.32 Å². The number of benzene rings is 1. The van der Waals surface area contributed by atoms with Gasteiger partial charge in [0.1, 0.15) is 0 Å². The van der Waals surface area contributed by atoms with Crippen LogP contribution in [0.1, 0.15) is 45.6 Å². The Bertz CT molecular complexity index is 454. The van der Waals surface area contributed by atoms with Crippen LogP contribution in [0, 0.1) is 0 Å². The van der Waals surface area contributed by atoms with Crippen molar-refractivity contribution < 1.29 is 14.7 Å². The summed E-state index contributed by atoms with van der Waals surface area (Å²) in [4.78, 5) is 22.0. The molecule has 0 aliphatic heterocycles. The van der Waals surface area contributed by atoms with Gasteiger partial charge >= 0.3 is 5.97 Å². The van der Waals surface area contributed by atoms with Crippen molar-refractivity contribution >= 4 is 11.9 Å². The summed E-state index contributed by atoms with van der Waals surface area (Å²) in [5.74, 6) is -1.15. The summed E-state index contributed by atoms with van der Waals surface area (Å²) in [6.07, 6.45) is 0.710. The lowest BCUT2D eigenvalue weighted by Crippen LogP contribution is -2.37. The molecule has 1 unspecified atom stereocenters. The van der Waals surface area contributed by atoms with Crippen LogP contribution in [0.4, 0.5) is 0 Å². The first-order valence-corrected chi connectivity index (χ1v) is 6.88. The maximum atomic E-state index is 11.6. The van der Waals surface area contributed by atoms with Gasteiger partial charge in [-0.3, -0.25) is 9.59 Å². The predicted molar refractivity (Wildman–Crippen MR) is 78.6 cm³/mol. The Morgan fingerprint density at radius 1 is 1.20 bits per heavy atom. The third kappa shape index (κ3) is 5.43. The molecular weight excluding hydrogens is 254 g/mol. The zero-order chi connectivity index (χ0) is 15.2. The SMILES string of the molecule is CC(CC(C)(C)c1ccccc1)NC(=O)CCC(=O)O. The van der Waals surface area contributed by atoms with Crippen molar-refractivity contribution in [1.82, 2.24) is 5.32 Å². The van der Waals surface area contributed by atoms with Crippen LogP contribution in [-0.4, -0.2) is 23.0 Å². The Morgan fingerprint density at radius 2 is 1.80 bits per heavy atom. The number of hydrogen-bond donors (Lipinski definition) is 2. The minimum atomic E-state index is -0.947. The molecule has 1 amide bonds. The van der Waals surface area contributed by atoms with Crippen LogP contribution >= 0.6 is 0 Å². The second-order valence-electron chi connectivity index (χ2n) is 5.82. The first-order valence-electron chi connectivity index (χ1n) is 6.88. The highest BCUT2D eigenvalue weighted by atomic mass is 16.4. The molecule has 4 nitrogen and oxygen atoms in total. The highest BCUT2D eigenvalue weighted by Gasteiger charge is 2.23. The van der Waals surface area contributed by atoms with Gasteiger partial charge in [-0.2, -0.15) is 0 Å². The second kappa shape index (κ2) is 7.08. The van der Waals surface area contributed by atoms with Crippen LogP contribution in [0.25, 0.3) is 0 Å². The zero-order valence-electron chi connectivity index (χ0n) is 12.3. The Balaban J connectivity index is 2.51. The van der Waals surface area contributed by atoms with Gasteiger partial charge in [0.2, 0.25) is 5.91 Å². The number of nitrogens with one attached hydrogen (secondary N) is 1. The Labute approximate surface area is 120 Å². The number of carboxylic acids is 1. The number of amides is 1. The fraction of sp³-hybridized carbons (Fsp3) is 0.500. The number of carboxylic acid groups (broad SMARTS) is 1. The van der Waals surface area contributed by atoms with Crippen molar-refractivity contribution in [3.63, 3.8) is 0 Å². The quantitative estimate of drug-likeness (QED) is 0.805. The van der Waals surface area contributed by atoms with E-state index in [1.165, 1.54) is 5.56 Å². The smallest absolute Gasteiger partial charge is 0.303 e. The molecule has 1 aromatic carbocycles. The van der Waals surface area contributed by atoms with E-state index in [-0.39, 0.29) is 30.2 Å². The third-order valence-corrected chi connectivity index (χ3v) is 3.35. The highest BCUT2D eigenvalue weighted by Crippen LogP contribution is 2.28. The molecule has 0 radical (unpaired) electrons. The molecule has 0 saturated carbocycles. The van der Waals surface area contributed by atoms with E-state index in [2.05, 4.69) is 31.3 Å². The summed E-state index contributed by atoms with van der Waals surface area (Å²) >= 11 is 0. The van der Waals surface area contributed by atoms with E-state index >= 15 is 0 Å². The van der Waals surface area contributed by atoms with Crippen LogP contribution in [0.3, 0.4) is 0 Å². The van der Waals surface area contributed by atoms with Crippen LogP contribution in [0.15, 0.2) is 30.3 Å². The summed E-state index contributed by atoms with van der Waals surface area (Å²) in [6, 6.07) is 10.2. The largest absolute Gasteiger partial charge is 0.481 e. The average Bonchev–Trinajstić information content (AvgIpc) is 2.36. The van der Waals surface area contributed by atoms with Crippen molar-refractivity contribution in [2.24, 2.45) is 0 Å². The van der Waals surface area contributed by atoms with E-state index in [1.807, 2.05) is 25.1 Å². The Morgan fingerprint density at radius 3 is 2.35 bits per heavy atom. The van der Waals surface area contributed by atoms with E-state index in [4.69, 9.17) is 5.11 Å². The second-order valence-corrected chi connectivity index (χ2v) is 5.82. The van der Waals surface area contributed by atoms with Crippen molar-refractivity contribution in [2.45, 2.75) is 51.5 Å². The molecule has 20 heavy (non-hydrogen) atoms. The lowest BCUT2D eigenvalue weighted by molar-refractivity contribution is -0.138. The predicted octanol–water partition coefficient (Wildman–Crippen LogP) is 2.72. The number of carbonyl (C=O) groups excluding carboxylic acids is 1. The molecular formula is C16H23NO3. The Kier molecular flexibility index (Phi) is 5.74. The van der Waals surface area contributed by atoms with E-state index in [1.54, 1.807) is 0 Å². The minimum Gasteiger partial charge on any atom is -0.481 e. The van der Waals surface area contributed by atoms with Gasteiger partial charge in [0, 0.05) is 12.5 Å². The molecule has 0 bridgehead atoms. The Hall–Kier alpha value is -1.84. The van der Waals surface area contributed by atoms with Crippen molar-refractivity contribution in [3.05, 3.63) is 35.9 Å². The summed E-state index contributed by atoms with van der Waals surface area (Å²) in [7, 11) is 0. The fourth-order valence-corrected chi connectivity index (χ4v) is 2.39. The maximum Gasteiger partial charge on any atom is 0.303 e. The van der Waals surface area contributed by atoms with Gasteiger partial charge in [0.05, 0.1) is 6.42 Å². The molecule has 0 heterocycles. The van der Waals surface area contributed by atoms with Crippen LogP contribution in [-0.2, 0) is 15.0 Å². The average molecular weight is 277 g/mol. The van der Waals surface area contributed by atoms with Crippen molar-refractivity contribution in [1.29, 1.82) is 0 Å². The van der Waals surface area contributed by atoms with Crippen LogP contribution in [0.2, 0.25) is 0 Å². The first kappa shape index (κ1) is 16.2. The molecule has 0 spiro atoms. The maximum absolute atomic E-state index is 11.6. The summed E-state index contributed by atoms with van der Waals surface area (Å²) in [5, 5.41) is 11.4. The van der Waals surface area contributed by atoms with Gasteiger partial charge in [0.25, 0.3) is 0 Å². The molecule has 0 aliphatic carbocycles. The number of carbonyl (C=O) groups is 2. The summed E-state index contributed by atoms with van der Waals surface area (Å²) < 4.78 is 0. The molecule has 1 aromatic rings. The summed E-state index contributed by atoms with van der Waals surface area (Å²) in [5.41, 5.74) is 1.19. The number of hydrogen-bond acceptors (Lipinski definition) is 2. The monoisotopic (exact) mass is 277 g/mol. The van der Waals surface area contributed by atoms with E-state index < -0.39 is 5.97 Å². The number of aliphatic carboxylic acids is 1. The third-order valence-electron chi connectivity index (χ3n) is 3.35. The zero-order valence-corrected chi connectivity index (χ0v) is 12.3. The normalized spacial score (nSPS) is 12.8. The molecule has 0 saturated heterocycles. The van der Waals surface area contributed by atoms with Crippen LogP contribution in [0.5, 0.6) is 0 Å². The molecule has 0 aliphatic rings. The number of rotatable bonds is 7. The summed E-state index contributed by atoms with van der Waals surface area (Å²) in [6.45, 7) is 6.23. The first-order chi connectivity index (χ1) is 9.31.